The van der Waals surface area contributed by atoms with Crippen molar-refractivity contribution >= 4 is 0 Å². The largest absolute Gasteiger partial charge is 0.393 e. The summed E-state index contributed by atoms with van der Waals surface area (Å²) in [6.45, 7) is 7.93. The van der Waals surface area contributed by atoms with Crippen LogP contribution >= 0.6 is 0 Å². The fourth-order valence-corrected chi connectivity index (χ4v) is 10.7. The van der Waals surface area contributed by atoms with Crippen molar-refractivity contribution < 1.29 is 9.84 Å². The lowest BCUT2D eigenvalue weighted by Gasteiger charge is -2.18. The van der Waals surface area contributed by atoms with Crippen molar-refractivity contribution in [3.63, 3.8) is 0 Å². The Morgan fingerprint density at radius 2 is 0.379 bits per heavy atom. The van der Waals surface area contributed by atoms with E-state index in [2.05, 4.69) is 20.8 Å². The lowest BCUT2D eigenvalue weighted by Crippen LogP contribution is -2.14. The predicted octanol–water partition coefficient (Wildman–Crippen LogP) is 23.4. The Morgan fingerprint density at radius 1 is 0.212 bits per heavy atom. The Kier molecular flexibility index (Phi) is 61.0. The highest BCUT2D eigenvalue weighted by Crippen LogP contribution is 2.21. The number of ether oxygens (including phenoxy) is 1. The van der Waals surface area contributed by atoms with Crippen LogP contribution in [0.1, 0.15) is 393 Å². The standard InChI is InChI=1S/C64H130O2/c1-4-7-10-13-16-19-21-23-25-30-34-38-42-47-52-57-62-66-64(60-55-50-45-40-36-32-27-24-22-20-17-14-11-8-5-2)61-56-51-46-41-37-33-29-26-28-31-35-39-44-49-54-59-63(65)58-53-48-43-18-15-12-9-6-3/h63-65H,4-62H2,1-3H3. The third-order valence-electron chi connectivity index (χ3n) is 15.4. The molecule has 2 atom stereocenters. The van der Waals surface area contributed by atoms with E-state index in [-0.39, 0.29) is 6.10 Å². The summed E-state index contributed by atoms with van der Waals surface area (Å²) < 4.78 is 6.63. The van der Waals surface area contributed by atoms with Crippen molar-refractivity contribution in [1.82, 2.24) is 0 Å². The number of rotatable bonds is 61. The van der Waals surface area contributed by atoms with Crippen molar-refractivity contribution in [2.75, 3.05) is 6.61 Å². The van der Waals surface area contributed by atoms with E-state index in [9.17, 15) is 5.11 Å². The molecule has 2 nitrogen and oxygen atoms in total. The third-order valence-corrected chi connectivity index (χ3v) is 15.4. The second kappa shape index (κ2) is 61.0. The number of aliphatic hydroxyl groups excluding tert-OH is 1. The van der Waals surface area contributed by atoms with Crippen LogP contribution in [0.25, 0.3) is 0 Å². The first-order chi connectivity index (χ1) is 32.7. The molecule has 0 aliphatic rings. The van der Waals surface area contributed by atoms with Gasteiger partial charge in [-0.1, -0.05) is 361 Å². The summed E-state index contributed by atoms with van der Waals surface area (Å²) in [4.78, 5) is 0. The first-order valence-corrected chi connectivity index (χ1v) is 32.0. The Hall–Kier alpha value is -0.0800. The van der Waals surface area contributed by atoms with Gasteiger partial charge in [0.15, 0.2) is 0 Å². The Bertz CT molecular complexity index is 811. The second-order valence-corrected chi connectivity index (χ2v) is 22.3. The SMILES string of the molecule is CCCCCCCCCCCCCCCCCCOC(CCCCCCCCCCCCCCCCC)CCCCCCCCCCCCCCCCCC(O)CCCCCCCCCC. The van der Waals surface area contributed by atoms with Crippen LogP contribution in [0.4, 0.5) is 0 Å². The first kappa shape index (κ1) is 65.9. The molecule has 2 heteroatoms. The summed E-state index contributed by atoms with van der Waals surface area (Å²) in [6, 6.07) is 0. The smallest absolute Gasteiger partial charge is 0.0575 e. The molecule has 0 aromatic carbocycles. The van der Waals surface area contributed by atoms with E-state index in [0.717, 1.165) is 19.4 Å². The van der Waals surface area contributed by atoms with Crippen LogP contribution in [0, 0.1) is 0 Å². The van der Waals surface area contributed by atoms with Crippen molar-refractivity contribution in [3.8, 4) is 0 Å². The van der Waals surface area contributed by atoms with Gasteiger partial charge in [0.25, 0.3) is 0 Å². The Balaban J connectivity index is 3.92. The van der Waals surface area contributed by atoms with Gasteiger partial charge in [0, 0.05) is 6.61 Å². The average Bonchev–Trinajstić information content (AvgIpc) is 3.32. The molecule has 0 heterocycles. The van der Waals surface area contributed by atoms with Gasteiger partial charge in [-0.05, 0) is 32.1 Å². The molecule has 0 aromatic rings. The molecule has 0 aliphatic heterocycles. The van der Waals surface area contributed by atoms with Gasteiger partial charge in [-0.15, -0.1) is 0 Å². The molecule has 0 fully saturated rings. The molecular weight excluding hydrogens is 801 g/mol. The maximum Gasteiger partial charge on any atom is 0.0575 e. The van der Waals surface area contributed by atoms with E-state index in [0.29, 0.717) is 6.10 Å². The molecule has 0 saturated carbocycles. The van der Waals surface area contributed by atoms with Crippen molar-refractivity contribution in [2.24, 2.45) is 0 Å². The van der Waals surface area contributed by atoms with E-state index in [4.69, 9.17) is 4.74 Å². The normalized spacial score (nSPS) is 12.7. The summed E-state index contributed by atoms with van der Waals surface area (Å²) >= 11 is 0. The number of aliphatic hydroxyl groups is 1. The molecule has 398 valence electrons. The van der Waals surface area contributed by atoms with Gasteiger partial charge >= 0.3 is 0 Å². The van der Waals surface area contributed by atoms with Crippen molar-refractivity contribution in [3.05, 3.63) is 0 Å². The van der Waals surface area contributed by atoms with E-state index in [1.165, 1.54) is 360 Å². The zero-order valence-electron chi connectivity index (χ0n) is 46.7. The lowest BCUT2D eigenvalue weighted by molar-refractivity contribution is 0.0357. The minimum absolute atomic E-state index is 0.0429. The fourth-order valence-electron chi connectivity index (χ4n) is 10.7. The van der Waals surface area contributed by atoms with Crippen LogP contribution in [0.5, 0.6) is 0 Å². The molecule has 0 radical (unpaired) electrons. The topological polar surface area (TPSA) is 29.5 Å². The zero-order valence-corrected chi connectivity index (χ0v) is 46.7. The van der Waals surface area contributed by atoms with Crippen molar-refractivity contribution in [1.29, 1.82) is 0 Å². The highest BCUT2D eigenvalue weighted by Gasteiger charge is 2.10. The summed E-state index contributed by atoms with van der Waals surface area (Å²) in [7, 11) is 0. The van der Waals surface area contributed by atoms with Gasteiger partial charge in [-0.25, -0.2) is 0 Å². The van der Waals surface area contributed by atoms with Crippen LogP contribution in [-0.4, -0.2) is 23.9 Å². The maximum atomic E-state index is 10.3. The third kappa shape index (κ3) is 58.2. The molecule has 0 aliphatic carbocycles. The molecule has 0 spiro atoms. The van der Waals surface area contributed by atoms with Crippen molar-refractivity contribution in [2.45, 2.75) is 405 Å². The molecule has 0 bridgehead atoms. The van der Waals surface area contributed by atoms with E-state index >= 15 is 0 Å². The highest BCUT2D eigenvalue weighted by molar-refractivity contribution is 4.62. The highest BCUT2D eigenvalue weighted by atomic mass is 16.5. The molecule has 1 N–H and O–H groups in total. The van der Waals surface area contributed by atoms with Crippen LogP contribution in [0.15, 0.2) is 0 Å². The zero-order chi connectivity index (χ0) is 47.6. The summed E-state index contributed by atoms with van der Waals surface area (Å²) in [6.07, 6.45) is 81.8. The van der Waals surface area contributed by atoms with Gasteiger partial charge in [-0.2, -0.15) is 0 Å². The Morgan fingerprint density at radius 3 is 0.591 bits per heavy atom. The molecular formula is C64H130O2. The quantitative estimate of drug-likeness (QED) is 0.0616. The maximum absolute atomic E-state index is 10.3. The van der Waals surface area contributed by atoms with Gasteiger partial charge in [-0.3, -0.25) is 0 Å². The molecule has 66 heavy (non-hydrogen) atoms. The average molecular weight is 932 g/mol. The number of hydrogen-bond acceptors (Lipinski definition) is 2. The number of unbranched alkanes of at least 4 members (excludes halogenated alkanes) is 50. The predicted molar refractivity (Wildman–Crippen MR) is 301 cm³/mol. The van der Waals surface area contributed by atoms with Gasteiger partial charge in [0.2, 0.25) is 0 Å². The van der Waals surface area contributed by atoms with Gasteiger partial charge in [0.05, 0.1) is 12.2 Å². The summed E-state index contributed by atoms with van der Waals surface area (Å²) in [5, 5.41) is 10.3. The second-order valence-electron chi connectivity index (χ2n) is 22.3. The van der Waals surface area contributed by atoms with E-state index < -0.39 is 0 Å². The van der Waals surface area contributed by atoms with E-state index in [1.54, 1.807) is 0 Å². The molecule has 0 aromatic heterocycles. The first-order valence-electron chi connectivity index (χ1n) is 32.0. The monoisotopic (exact) mass is 931 g/mol. The molecule has 2 unspecified atom stereocenters. The van der Waals surface area contributed by atoms with Crippen LogP contribution in [0.3, 0.4) is 0 Å². The summed E-state index contributed by atoms with van der Waals surface area (Å²) in [5.41, 5.74) is 0. The van der Waals surface area contributed by atoms with Crippen LogP contribution in [-0.2, 0) is 4.74 Å². The minimum Gasteiger partial charge on any atom is -0.393 e. The number of hydrogen-bond donors (Lipinski definition) is 1. The van der Waals surface area contributed by atoms with Gasteiger partial charge < -0.3 is 9.84 Å². The Labute approximate surface area is 420 Å². The van der Waals surface area contributed by atoms with Crippen LogP contribution < -0.4 is 0 Å². The molecule has 0 amide bonds. The summed E-state index contributed by atoms with van der Waals surface area (Å²) in [5.74, 6) is 0. The van der Waals surface area contributed by atoms with E-state index in [1.807, 2.05) is 0 Å². The lowest BCUT2D eigenvalue weighted by atomic mass is 10.0. The molecule has 0 rings (SSSR count). The molecule has 0 saturated heterocycles. The minimum atomic E-state index is -0.0429. The van der Waals surface area contributed by atoms with Crippen LogP contribution in [0.2, 0.25) is 0 Å². The fraction of sp³-hybridized carbons (Fsp3) is 1.00. The van der Waals surface area contributed by atoms with Gasteiger partial charge in [0.1, 0.15) is 0 Å².